The molecule has 0 aliphatic heterocycles. The summed E-state index contributed by atoms with van der Waals surface area (Å²) in [5, 5.41) is 7.92. The van der Waals surface area contributed by atoms with Crippen molar-refractivity contribution in [3.63, 3.8) is 0 Å². The first-order chi connectivity index (χ1) is 9.29. The minimum absolute atomic E-state index is 0.0542. The maximum absolute atomic E-state index is 11.2. The molecule has 0 N–H and O–H groups in total. The van der Waals surface area contributed by atoms with Gasteiger partial charge in [-0.15, -0.1) is 10.2 Å². The summed E-state index contributed by atoms with van der Waals surface area (Å²) in [4.78, 5) is 0.0542. The van der Waals surface area contributed by atoms with Crippen molar-refractivity contribution in [2.75, 3.05) is 0 Å². The smallest absolute Gasteiger partial charge is 0.261 e. The van der Waals surface area contributed by atoms with Crippen LogP contribution in [0.2, 0.25) is 0 Å². The van der Waals surface area contributed by atoms with Gasteiger partial charge in [0.1, 0.15) is 18.2 Å². The van der Waals surface area contributed by atoms with Gasteiger partial charge in [0, 0.05) is 17.7 Å². The highest BCUT2D eigenvalue weighted by atomic mass is 35.7. The lowest BCUT2D eigenvalue weighted by molar-refractivity contribution is 0.289. The number of benzene rings is 1. The number of hydrogen-bond donors (Lipinski definition) is 0. The summed E-state index contributed by atoms with van der Waals surface area (Å²) in [5.74, 6) is 2.06. The molecule has 0 fully saturated rings. The summed E-state index contributed by atoms with van der Waals surface area (Å²) in [6.07, 6.45) is 0. The Morgan fingerprint density at radius 2 is 2.00 bits per heavy atom. The van der Waals surface area contributed by atoms with Crippen LogP contribution in [0.25, 0.3) is 0 Å². The number of hydrogen-bond acceptors (Lipinski definition) is 5. The molecule has 108 valence electrons. The van der Waals surface area contributed by atoms with Crippen LogP contribution in [0.3, 0.4) is 0 Å². The molecule has 0 unspecified atom stereocenters. The number of halogens is 1. The first-order valence-electron chi connectivity index (χ1n) is 5.82. The van der Waals surface area contributed by atoms with E-state index in [2.05, 4.69) is 10.2 Å². The Bertz CT molecular complexity index is 740. The van der Waals surface area contributed by atoms with Crippen molar-refractivity contribution in [3.8, 4) is 5.75 Å². The highest BCUT2D eigenvalue weighted by Crippen LogP contribution is 2.24. The number of ether oxygens (including phenoxy) is 1. The largest absolute Gasteiger partial charge is 0.485 e. The summed E-state index contributed by atoms with van der Waals surface area (Å²) in [6.45, 7) is 3.86. The molecule has 0 aliphatic carbocycles. The van der Waals surface area contributed by atoms with Gasteiger partial charge in [-0.1, -0.05) is 0 Å². The molecule has 0 aliphatic rings. The molecule has 0 bridgehead atoms. The third kappa shape index (κ3) is 3.10. The van der Waals surface area contributed by atoms with Crippen LogP contribution in [0, 0.1) is 13.8 Å². The molecule has 1 aromatic carbocycles. The van der Waals surface area contributed by atoms with E-state index in [0.717, 1.165) is 5.82 Å². The van der Waals surface area contributed by atoms with Crippen LogP contribution in [-0.4, -0.2) is 23.2 Å². The van der Waals surface area contributed by atoms with Crippen molar-refractivity contribution < 1.29 is 13.2 Å². The van der Waals surface area contributed by atoms with Crippen LogP contribution < -0.4 is 4.74 Å². The Balaban J connectivity index is 2.17. The quantitative estimate of drug-likeness (QED) is 0.806. The molecule has 8 heteroatoms. The predicted octanol–water partition coefficient (Wildman–Crippen LogP) is 1.94. The summed E-state index contributed by atoms with van der Waals surface area (Å²) in [7, 11) is 3.42. The third-order valence-electron chi connectivity index (χ3n) is 2.97. The van der Waals surface area contributed by atoms with Crippen molar-refractivity contribution in [1.82, 2.24) is 14.8 Å². The third-order valence-corrected chi connectivity index (χ3v) is 4.32. The van der Waals surface area contributed by atoms with Gasteiger partial charge in [0.15, 0.2) is 5.82 Å². The molecule has 1 heterocycles. The number of aryl methyl sites for hydroxylation is 2. The van der Waals surface area contributed by atoms with E-state index in [1.165, 1.54) is 12.1 Å². The van der Waals surface area contributed by atoms with Crippen molar-refractivity contribution in [2.24, 2.45) is 7.05 Å². The van der Waals surface area contributed by atoms with E-state index in [0.29, 0.717) is 17.1 Å². The molecule has 1 aromatic heterocycles. The summed E-state index contributed by atoms with van der Waals surface area (Å²) >= 11 is 0. The molecule has 0 radical (unpaired) electrons. The molecule has 0 spiro atoms. The van der Waals surface area contributed by atoms with Crippen LogP contribution in [0.1, 0.15) is 17.2 Å². The lowest BCUT2D eigenvalue weighted by Gasteiger charge is -2.09. The molecule has 6 nitrogen and oxygen atoms in total. The predicted molar refractivity (Wildman–Crippen MR) is 74.3 cm³/mol. The van der Waals surface area contributed by atoms with Gasteiger partial charge in [0.05, 0.1) is 4.90 Å². The second kappa shape index (κ2) is 5.41. The molecular weight excluding hydrogens is 302 g/mol. The lowest BCUT2D eigenvalue weighted by atomic mass is 10.2. The minimum atomic E-state index is -3.72. The van der Waals surface area contributed by atoms with Gasteiger partial charge in [-0.3, -0.25) is 0 Å². The van der Waals surface area contributed by atoms with E-state index in [-0.39, 0.29) is 11.5 Å². The maximum atomic E-state index is 11.2. The zero-order chi connectivity index (χ0) is 14.9. The average molecular weight is 316 g/mol. The highest BCUT2D eigenvalue weighted by molar-refractivity contribution is 8.13. The molecule has 0 saturated heterocycles. The Morgan fingerprint density at radius 3 is 2.50 bits per heavy atom. The van der Waals surface area contributed by atoms with E-state index in [9.17, 15) is 8.42 Å². The molecule has 2 aromatic rings. The minimum Gasteiger partial charge on any atom is -0.485 e. The van der Waals surface area contributed by atoms with Crippen molar-refractivity contribution in [2.45, 2.75) is 25.3 Å². The van der Waals surface area contributed by atoms with Crippen LogP contribution in [0.15, 0.2) is 23.1 Å². The molecular formula is C12H14ClN3O3S. The summed E-state index contributed by atoms with van der Waals surface area (Å²) < 4.78 is 29.9. The lowest BCUT2D eigenvalue weighted by Crippen LogP contribution is -2.05. The Kier molecular flexibility index (Phi) is 4.01. The number of aromatic nitrogens is 3. The van der Waals surface area contributed by atoms with E-state index >= 15 is 0 Å². The standard InChI is InChI=1S/C12H14ClN3O3S/c1-8-6-10(20(13,17)18)4-5-11(8)19-7-12-15-14-9(2)16(12)3/h4-6H,7H2,1-3H3. The molecule has 0 atom stereocenters. The first-order valence-corrected chi connectivity index (χ1v) is 8.13. The van der Waals surface area contributed by atoms with Crippen LogP contribution >= 0.6 is 10.7 Å². The van der Waals surface area contributed by atoms with Gasteiger partial charge in [0.25, 0.3) is 9.05 Å². The highest BCUT2D eigenvalue weighted by Gasteiger charge is 2.12. The van der Waals surface area contributed by atoms with Gasteiger partial charge in [-0.2, -0.15) is 0 Å². The SMILES string of the molecule is Cc1cc(S(=O)(=O)Cl)ccc1OCc1nnc(C)n1C. The fraction of sp³-hybridized carbons (Fsp3) is 0.333. The molecule has 2 rings (SSSR count). The van der Waals surface area contributed by atoms with Crippen molar-refractivity contribution >= 4 is 19.7 Å². The van der Waals surface area contributed by atoms with Gasteiger partial charge in [-0.05, 0) is 37.6 Å². The van der Waals surface area contributed by atoms with Crippen molar-refractivity contribution in [1.29, 1.82) is 0 Å². The Hall–Kier alpha value is -1.60. The fourth-order valence-electron chi connectivity index (χ4n) is 1.65. The van der Waals surface area contributed by atoms with Crippen LogP contribution in [0.4, 0.5) is 0 Å². The maximum Gasteiger partial charge on any atom is 0.261 e. The van der Waals surface area contributed by atoms with Gasteiger partial charge < -0.3 is 9.30 Å². The second-order valence-electron chi connectivity index (χ2n) is 4.38. The summed E-state index contributed by atoms with van der Waals surface area (Å²) in [5.41, 5.74) is 0.686. The van der Waals surface area contributed by atoms with E-state index in [1.807, 2.05) is 18.5 Å². The first kappa shape index (κ1) is 14.8. The van der Waals surface area contributed by atoms with Crippen LogP contribution in [0.5, 0.6) is 5.75 Å². The summed E-state index contributed by atoms with van der Waals surface area (Å²) in [6, 6.07) is 4.46. The topological polar surface area (TPSA) is 74.1 Å². The second-order valence-corrected chi connectivity index (χ2v) is 6.94. The molecule has 20 heavy (non-hydrogen) atoms. The Morgan fingerprint density at radius 1 is 1.30 bits per heavy atom. The van der Waals surface area contributed by atoms with Gasteiger partial charge >= 0.3 is 0 Å². The average Bonchev–Trinajstić information content (AvgIpc) is 2.67. The monoisotopic (exact) mass is 315 g/mol. The molecule has 0 saturated carbocycles. The number of rotatable bonds is 4. The molecule has 0 amide bonds. The normalized spacial score (nSPS) is 11.6. The zero-order valence-electron chi connectivity index (χ0n) is 11.3. The zero-order valence-corrected chi connectivity index (χ0v) is 12.9. The fourth-order valence-corrected chi connectivity index (χ4v) is 2.49. The van der Waals surface area contributed by atoms with Crippen molar-refractivity contribution in [3.05, 3.63) is 35.4 Å². The van der Waals surface area contributed by atoms with E-state index < -0.39 is 9.05 Å². The number of nitrogens with zero attached hydrogens (tertiary/aromatic N) is 3. The van der Waals surface area contributed by atoms with Gasteiger partial charge in [-0.25, -0.2) is 8.42 Å². The van der Waals surface area contributed by atoms with E-state index in [1.54, 1.807) is 13.0 Å². The van der Waals surface area contributed by atoms with E-state index in [4.69, 9.17) is 15.4 Å². The van der Waals surface area contributed by atoms with Crippen LogP contribution in [-0.2, 0) is 22.7 Å². The Labute approximate surface area is 121 Å². The van der Waals surface area contributed by atoms with Gasteiger partial charge in [0.2, 0.25) is 0 Å².